The van der Waals surface area contributed by atoms with Crippen LogP contribution < -0.4 is 9.64 Å². The van der Waals surface area contributed by atoms with Crippen LogP contribution in [0.15, 0.2) is 48.5 Å². The third kappa shape index (κ3) is 3.28. The SMILES string of the molecule is COc1ccccc1C(=O)N1C[C@H]2[C@@H](c3ccccc31)[C@H](CO)N2C(=O)C1CCCCC1. The van der Waals surface area contributed by atoms with Crippen molar-refractivity contribution in [2.24, 2.45) is 5.92 Å². The molecule has 0 unspecified atom stereocenters. The molecule has 2 amide bonds. The van der Waals surface area contributed by atoms with Gasteiger partial charge in [0.25, 0.3) is 5.91 Å². The molecule has 168 valence electrons. The lowest BCUT2D eigenvalue weighted by Gasteiger charge is -2.59. The Balaban J connectivity index is 1.50. The zero-order valence-corrected chi connectivity index (χ0v) is 18.4. The molecule has 2 aromatic carbocycles. The predicted octanol–water partition coefficient (Wildman–Crippen LogP) is 3.59. The monoisotopic (exact) mass is 434 g/mol. The van der Waals surface area contributed by atoms with Crippen LogP contribution >= 0.6 is 0 Å². The second-order valence-electron chi connectivity index (χ2n) is 9.10. The fraction of sp³-hybridized carbons (Fsp3) is 0.462. The Kier molecular flexibility index (Phi) is 5.64. The molecule has 0 aromatic heterocycles. The molecule has 0 bridgehead atoms. The first-order chi connectivity index (χ1) is 15.7. The topological polar surface area (TPSA) is 70.1 Å². The first-order valence-electron chi connectivity index (χ1n) is 11.6. The zero-order valence-electron chi connectivity index (χ0n) is 18.4. The van der Waals surface area contributed by atoms with E-state index in [1.807, 2.05) is 41.3 Å². The molecule has 6 nitrogen and oxygen atoms in total. The van der Waals surface area contributed by atoms with Gasteiger partial charge in [-0.15, -0.1) is 0 Å². The molecule has 2 aliphatic heterocycles. The molecule has 0 spiro atoms. The molecule has 6 heteroatoms. The molecule has 0 radical (unpaired) electrons. The van der Waals surface area contributed by atoms with Crippen LogP contribution in [0.5, 0.6) is 5.75 Å². The molecule has 1 aliphatic carbocycles. The number of anilines is 1. The molecule has 3 aliphatic rings. The average Bonchev–Trinajstić information content (AvgIpc) is 2.84. The quantitative estimate of drug-likeness (QED) is 0.798. The fourth-order valence-electron chi connectivity index (χ4n) is 5.91. The van der Waals surface area contributed by atoms with Crippen LogP contribution in [0, 0.1) is 5.92 Å². The molecule has 2 fully saturated rings. The zero-order chi connectivity index (χ0) is 22.2. The van der Waals surface area contributed by atoms with Gasteiger partial charge in [0.05, 0.1) is 31.4 Å². The van der Waals surface area contributed by atoms with Gasteiger partial charge in [0.2, 0.25) is 5.91 Å². The number of aliphatic hydroxyl groups excluding tert-OH is 1. The highest BCUT2D eigenvalue weighted by atomic mass is 16.5. The number of hydrogen-bond donors (Lipinski definition) is 1. The molecule has 5 rings (SSSR count). The molecule has 1 N–H and O–H groups in total. The van der Waals surface area contributed by atoms with Gasteiger partial charge in [-0.2, -0.15) is 0 Å². The maximum absolute atomic E-state index is 13.6. The first-order valence-corrected chi connectivity index (χ1v) is 11.6. The van der Waals surface area contributed by atoms with Crippen molar-refractivity contribution in [1.29, 1.82) is 0 Å². The number of ether oxygens (including phenoxy) is 1. The number of carbonyl (C=O) groups excluding carboxylic acids is 2. The number of likely N-dealkylation sites (tertiary alicyclic amines) is 1. The van der Waals surface area contributed by atoms with Gasteiger partial charge in [0.15, 0.2) is 0 Å². The summed E-state index contributed by atoms with van der Waals surface area (Å²) >= 11 is 0. The van der Waals surface area contributed by atoms with Gasteiger partial charge in [0.1, 0.15) is 5.75 Å². The number of fused-ring (bicyclic) bond motifs is 3. The molecule has 32 heavy (non-hydrogen) atoms. The van der Waals surface area contributed by atoms with Crippen LogP contribution in [0.25, 0.3) is 0 Å². The van der Waals surface area contributed by atoms with E-state index in [-0.39, 0.29) is 42.3 Å². The van der Waals surface area contributed by atoms with Crippen LogP contribution in [0.4, 0.5) is 5.69 Å². The van der Waals surface area contributed by atoms with Gasteiger partial charge in [-0.05, 0) is 36.6 Å². The Labute approximate surface area is 188 Å². The van der Waals surface area contributed by atoms with Crippen molar-refractivity contribution in [3.63, 3.8) is 0 Å². The third-order valence-electron chi connectivity index (χ3n) is 7.48. The Morgan fingerprint density at radius 2 is 1.75 bits per heavy atom. The van der Waals surface area contributed by atoms with Gasteiger partial charge < -0.3 is 19.6 Å². The highest BCUT2D eigenvalue weighted by Crippen LogP contribution is 2.49. The Morgan fingerprint density at radius 1 is 1.03 bits per heavy atom. The van der Waals surface area contributed by atoms with Crippen LogP contribution in [0.2, 0.25) is 0 Å². The lowest BCUT2D eigenvalue weighted by atomic mass is 9.70. The van der Waals surface area contributed by atoms with Crippen molar-refractivity contribution in [1.82, 2.24) is 4.90 Å². The lowest BCUT2D eigenvalue weighted by Crippen LogP contribution is -2.71. The van der Waals surface area contributed by atoms with Crippen molar-refractivity contribution in [2.75, 3.05) is 25.2 Å². The molecule has 2 aromatic rings. The summed E-state index contributed by atoms with van der Waals surface area (Å²) in [5, 5.41) is 10.2. The van der Waals surface area contributed by atoms with Gasteiger partial charge in [0, 0.05) is 24.1 Å². The maximum Gasteiger partial charge on any atom is 0.262 e. The van der Waals surface area contributed by atoms with E-state index in [1.54, 1.807) is 24.1 Å². The third-order valence-corrected chi connectivity index (χ3v) is 7.48. The van der Waals surface area contributed by atoms with E-state index in [0.29, 0.717) is 17.9 Å². The molecule has 2 heterocycles. The summed E-state index contributed by atoms with van der Waals surface area (Å²) < 4.78 is 5.44. The standard InChI is InChI=1S/C26H30N2O4/c1-32-23-14-8-6-12-19(23)26(31)27-15-21-24(18-11-5-7-13-20(18)27)22(16-29)28(21)25(30)17-9-3-2-4-10-17/h5-8,11-14,17,21-22,24,29H,2-4,9-10,15-16H2,1H3/t21-,22-,24+/m0/s1. The minimum Gasteiger partial charge on any atom is -0.496 e. The molecule has 1 saturated carbocycles. The Hall–Kier alpha value is -2.86. The summed E-state index contributed by atoms with van der Waals surface area (Å²) in [5.74, 6) is 0.633. The van der Waals surface area contributed by atoms with E-state index in [4.69, 9.17) is 4.74 Å². The number of aliphatic hydroxyl groups is 1. The Bertz CT molecular complexity index is 1020. The van der Waals surface area contributed by atoms with E-state index < -0.39 is 0 Å². The van der Waals surface area contributed by atoms with Gasteiger partial charge in [-0.1, -0.05) is 49.6 Å². The number of rotatable bonds is 4. The second kappa shape index (κ2) is 8.58. The van der Waals surface area contributed by atoms with Crippen LogP contribution in [-0.2, 0) is 4.79 Å². The fourth-order valence-corrected chi connectivity index (χ4v) is 5.91. The van der Waals surface area contributed by atoms with E-state index in [9.17, 15) is 14.7 Å². The van der Waals surface area contributed by atoms with Gasteiger partial charge in [-0.3, -0.25) is 9.59 Å². The highest BCUT2D eigenvalue weighted by molar-refractivity contribution is 6.09. The summed E-state index contributed by atoms with van der Waals surface area (Å²) in [6.45, 7) is 0.363. The van der Waals surface area contributed by atoms with E-state index in [2.05, 4.69) is 0 Å². The maximum atomic E-state index is 13.6. The molecular weight excluding hydrogens is 404 g/mol. The van der Waals surface area contributed by atoms with E-state index in [0.717, 1.165) is 36.9 Å². The van der Waals surface area contributed by atoms with Crippen LogP contribution in [0.1, 0.15) is 53.9 Å². The number of carbonyl (C=O) groups is 2. The summed E-state index contributed by atoms with van der Waals surface area (Å²) in [6.07, 6.45) is 5.21. The van der Waals surface area contributed by atoms with Crippen LogP contribution in [0.3, 0.4) is 0 Å². The first kappa shape index (κ1) is 21.0. The minimum absolute atomic E-state index is 0.0364. The van der Waals surface area contributed by atoms with Crippen molar-refractivity contribution < 1.29 is 19.4 Å². The van der Waals surface area contributed by atoms with Gasteiger partial charge in [-0.25, -0.2) is 0 Å². The number of methoxy groups -OCH3 is 1. The molecule has 3 atom stereocenters. The highest BCUT2D eigenvalue weighted by Gasteiger charge is 2.56. The number of nitrogens with zero attached hydrogens (tertiary/aromatic N) is 2. The van der Waals surface area contributed by atoms with Crippen molar-refractivity contribution >= 4 is 17.5 Å². The number of para-hydroxylation sites is 2. The minimum atomic E-state index is -0.223. The average molecular weight is 435 g/mol. The summed E-state index contributed by atoms with van der Waals surface area (Å²) in [7, 11) is 1.56. The van der Waals surface area contributed by atoms with E-state index >= 15 is 0 Å². The van der Waals surface area contributed by atoms with Crippen molar-refractivity contribution in [3.05, 3.63) is 59.7 Å². The predicted molar refractivity (Wildman–Crippen MR) is 122 cm³/mol. The van der Waals surface area contributed by atoms with Crippen molar-refractivity contribution in [2.45, 2.75) is 50.1 Å². The number of benzene rings is 2. The molecule has 1 saturated heterocycles. The van der Waals surface area contributed by atoms with Crippen molar-refractivity contribution in [3.8, 4) is 5.75 Å². The second-order valence-corrected chi connectivity index (χ2v) is 9.10. The summed E-state index contributed by atoms with van der Waals surface area (Å²) in [5.41, 5.74) is 2.39. The largest absolute Gasteiger partial charge is 0.496 e. The van der Waals surface area contributed by atoms with E-state index in [1.165, 1.54) is 6.42 Å². The summed E-state index contributed by atoms with van der Waals surface area (Å²) in [6, 6.07) is 14.8. The number of amides is 2. The van der Waals surface area contributed by atoms with Gasteiger partial charge >= 0.3 is 0 Å². The lowest BCUT2D eigenvalue weighted by molar-refractivity contribution is -0.156. The number of hydrogen-bond acceptors (Lipinski definition) is 4. The Morgan fingerprint density at radius 3 is 2.50 bits per heavy atom. The summed E-state index contributed by atoms with van der Waals surface area (Å²) in [4.78, 5) is 30.8. The normalized spacial score (nSPS) is 24.9. The van der Waals surface area contributed by atoms with Crippen LogP contribution in [-0.4, -0.2) is 54.2 Å². The smallest absolute Gasteiger partial charge is 0.262 e. The molecular formula is C26H30N2O4.